The number of aryl methyl sites for hydroxylation is 1. The van der Waals surface area contributed by atoms with Crippen LogP contribution in [0.4, 0.5) is 0 Å². The van der Waals surface area contributed by atoms with Crippen LogP contribution < -0.4 is 14.8 Å². The molecule has 0 saturated carbocycles. The van der Waals surface area contributed by atoms with Crippen molar-refractivity contribution < 1.29 is 14.3 Å². The van der Waals surface area contributed by atoms with Gasteiger partial charge in [-0.2, -0.15) is 0 Å². The zero-order valence-electron chi connectivity index (χ0n) is 18.4. The second-order valence-corrected chi connectivity index (χ2v) is 7.59. The largest absolute Gasteiger partial charge is 0.491 e. The number of ether oxygens (including phenoxy) is 2. The Bertz CT molecular complexity index is 1200. The van der Waals surface area contributed by atoms with E-state index in [1.807, 2.05) is 66.7 Å². The van der Waals surface area contributed by atoms with Crippen LogP contribution in [0.3, 0.4) is 0 Å². The average Bonchev–Trinajstić information content (AvgIpc) is 3.17. The van der Waals surface area contributed by atoms with Crippen LogP contribution in [0.5, 0.6) is 11.5 Å². The smallest absolute Gasteiger partial charge is 0.258 e. The Labute approximate surface area is 187 Å². The van der Waals surface area contributed by atoms with Crippen LogP contribution in [0.25, 0.3) is 11.0 Å². The van der Waals surface area contributed by atoms with Crippen LogP contribution >= 0.6 is 0 Å². The van der Waals surface area contributed by atoms with E-state index in [0.29, 0.717) is 25.4 Å². The highest BCUT2D eigenvalue weighted by Gasteiger charge is 2.12. The zero-order valence-corrected chi connectivity index (χ0v) is 18.4. The van der Waals surface area contributed by atoms with Gasteiger partial charge >= 0.3 is 0 Å². The maximum Gasteiger partial charge on any atom is 0.258 e. The highest BCUT2D eigenvalue weighted by Crippen LogP contribution is 2.21. The van der Waals surface area contributed by atoms with E-state index in [4.69, 9.17) is 14.5 Å². The number of hydrogen-bond acceptors (Lipinski definition) is 4. The summed E-state index contributed by atoms with van der Waals surface area (Å²) in [5.74, 6) is 2.14. The first-order chi connectivity index (χ1) is 15.6. The van der Waals surface area contributed by atoms with E-state index in [-0.39, 0.29) is 12.5 Å². The lowest BCUT2D eigenvalue weighted by molar-refractivity contribution is -0.123. The number of para-hydroxylation sites is 3. The molecule has 32 heavy (non-hydrogen) atoms. The number of aromatic nitrogens is 2. The molecule has 0 spiro atoms. The normalized spacial score (nSPS) is 10.8. The van der Waals surface area contributed by atoms with Gasteiger partial charge in [0.25, 0.3) is 5.91 Å². The molecule has 6 heteroatoms. The number of carbonyl (C=O) groups excluding carboxylic acids is 1. The molecule has 0 radical (unpaired) electrons. The highest BCUT2D eigenvalue weighted by molar-refractivity contribution is 5.78. The average molecular weight is 430 g/mol. The maximum atomic E-state index is 12.3. The van der Waals surface area contributed by atoms with Crippen molar-refractivity contribution in [2.24, 2.45) is 0 Å². The predicted molar refractivity (Wildman–Crippen MR) is 125 cm³/mol. The molecule has 1 aromatic heterocycles. The van der Waals surface area contributed by atoms with Gasteiger partial charge in [0.15, 0.2) is 6.61 Å². The Morgan fingerprint density at radius 1 is 0.938 bits per heavy atom. The lowest BCUT2D eigenvalue weighted by Crippen LogP contribution is -2.29. The van der Waals surface area contributed by atoms with E-state index in [1.54, 1.807) is 0 Å². The van der Waals surface area contributed by atoms with Gasteiger partial charge in [0.2, 0.25) is 0 Å². The molecule has 0 fully saturated rings. The molecule has 0 aliphatic carbocycles. The zero-order chi connectivity index (χ0) is 22.3. The molecule has 1 N–H and O–H groups in total. The van der Waals surface area contributed by atoms with Crippen LogP contribution in [0.15, 0.2) is 72.8 Å². The first kappa shape index (κ1) is 21.4. The summed E-state index contributed by atoms with van der Waals surface area (Å²) >= 11 is 0. The summed E-state index contributed by atoms with van der Waals surface area (Å²) in [5.41, 5.74) is 4.26. The minimum absolute atomic E-state index is 0.0417. The molecule has 0 aliphatic heterocycles. The molecule has 0 atom stereocenters. The van der Waals surface area contributed by atoms with Crippen molar-refractivity contribution in [2.75, 3.05) is 13.2 Å². The third-order valence-electron chi connectivity index (χ3n) is 5.42. The van der Waals surface area contributed by atoms with Gasteiger partial charge in [-0.15, -0.1) is 0 Å². The van der Waals surface area contributed by atoms with E-state index in [9.17, 15) is 4.79 Å². The first-order valence-corrected chi connectivity index (χ1v) is 10.7. The number of nitrogens with zero attached hydrogens (tertiary/aromatic N) is 2. The van der Waals surface area contributed by atoms with Gasteiger partial charge in [-0.25, -0.2) is 4.98 Å². The minimum Gasteiger partial charge on any atom is -0.491 e. The summed E-state index contributed by atoms with van der Waals surface area (Å²) in [5, 5.41) is 2.91. The Balaban J connectivity index is 1.40. The summed E-state index contributed by atoms with van der Waals surface area (Å²) in [6.45, 7) is 5.54. The molecule has 0 bridgehead atoms. The van der Waals surface area contributed by atoms with Gasteiger partial charge in [0.1, 0.15) is 23.9 Å². The van der Waals surface area contributed by atoms with Crippen LogP contribution in [0.2, 0.25) is 0 Å². The molecule has 0 aliphatic rings. The standard InChI is InChI=1S/C26H27N3O3/c1-19-9-8-14-24(20(19)2)31-16-15-29-23-13-7-6-12-22(23)28-25(29)17-27-26(30)18-32-21-10-4-3-5-11-21/h3-14H,15-18H2,1-2H3,(H,27,30). The van der Waals surface area contributed by atoms with Gasteiger partial charge in [-0.3, -0.25) is 4.79 Å². The second-order valence-electron chi connectivity index (χ2n) is 7.59. The summed E-state index contributed by atoms with van der Waals surface area (Å²) < 4.78 is 13.7. The maximum absolute atomic E-state index is 12.3. The SMILES string of the molecule is Cc1cccc(OCCn2c(CNC(=O)COc3ccccc3)nc3ccccc32)c1C. The fraction of sp³-hybridized carbons (Fsp3) is 0.231. The van der Waals surface area contributed by atoms with Gasteiger partial charge in [-0.1, -0.05) is 42.5 Å². The van der Waals surface area contributed by atoms with Crippen LogP contribution in [0.1, 0.15) is 17.0 Å². The molecule has 6 nitrogen and oxygen atoms in total. The lowest BCUT2D eigenvalue weighted by atomic mass is 10.1. The molecule has 3 aromatic carbocycles. The van der Waals surface area contributed by atoms with Crippen molar-refractivity contribution in [2.45, 2.75) is 26.9 Å². The van der Waals surface area contributed by atoms with E-state index in [2.05, 4.69) is 29.8 Å². The fourth-order valence-electron chi connectivity index (χ4n) is 3.53. The number of carbonyl (C=O) groups is 1. The van der Waals surface area contributed by atoms with Crippen molar-refractivity contribution >= 4 is 16.9 Å². The third kappa shape index (κ3) is 5.09. The summed E-state index contributed by atoms with van der Waals surface area (Å²) in [6, 6.07) is 23.3. The number of nitrogens with one attached hydrogen (secondary N) is 1. The topological polar surface area (TPSA) is 65.4 Å². The lowest BCUT2D eigenvalue weighted by Gasteiger charge is -2.13. The Hall–Kier alpha value is -3.80. The number of amides is 1. The van der Waals surface area contributed by atoms with Crippen molar-refractivity contribution in [3.8, 4) is 11.5 Å². The van der Waals surface area contributed by atoms with Crippen LogP contribution in [-0.2, 0) is 17.9 Å². The van der Waals surface area contributed by atoms with Gasteiger partial charge in [0.05, 0.1) is 24.1 Å². The Kier molecular flexibility index (Phi) is 6.70. The van der Waals surface area contributed by atoms with Crippen molar-refractivity contribution in [3.05, 3.63) is 89.7 Å². The number of rotatable bonds is 9. The summed E-state index contributed by atoms with van der Waals surface area (Å²) in [6.07, 6.45) is 0. The van der Waals surface area contributed by atoms with Gasteiger partial charge < -0.3 is 19.4 Å². The van der Waals surface area contributed by atoms with E-state index < -0.39 is 0 Å². The number of fused-ring (bicyclic) bond motifs is 1. The molecule has 0 unspecified atom stereocenters. The Morgan fingerprint density at radius 3 is 2.56 bits per heavy atom. The number of imidazole rings is 1. The fourth-order valence-corrected chi connectivity index (χ4v) is 3.53. The van der Waals surface area contributed by atoms with Crippen molar-refractivity contribution in [1.29, 1.82) is 0 Å². The predicted octanol–water partition coefficient (Wildman–Crippen LogP) is 4.43. The third-order valence-corrected chi connectivity index (χ3v) is 5.42. The number of benzene rings is 3. The van der Waals surface area contributed by atoms with Crippen LogP contribution in [-0.4, -0.2) is 28.7 Å². The molecule has 1 amide bonds. The monoisotopic (exact) mass is 429 g/mol. The van der Waals surface area contributed by atoms with Crippen molar-refractivity contribution in [3.63, 3.8) is 0 Å². The summed E-state index contributed by atoms with van der Waals surface area (Å²) in [4.78, 5) is 17.0. The Morgan fingerprint density at radius 2 is 1.72 bits per heavy atom. The van der Waals surface area contributed by atoms with Crippen molar-refractivity contribution in [1.82, 2.24) is 14.9 Å². The molecule has 4 aromatic rings. The molecule has 164 valence electrons. The van der Waals surface area contributed by atoms with E-state index >= 15 is 0 Å². The van der Waals surface area contributed by atoms with E-state index in [1.165, 1.54) is 5.56 Å². The summed E-state index contributed by atoms with van der Waals surface area (Å²) in [7, 11) is 0. The first-order valence-electron chi connectivity index (χ1n) is 10.7. The molecular formula is C26H27N3O3. The number of hydrogen-bond donors (Lipinski definition) is 1. The second kappa shape index (κ2) is 10.0. The quantitative estimate of drug-likeness (QED) is 0.428. The molecule has 0 saturated heterocycles. The van der Waals surface area contributed by atoms with Crippen LogP contribution in [0, 0.1) is 13.8 Å². The highest BCUT2D eigenvalue weighted by atomic mass is 16.5. The van der Waals surface area contributed by atoms with Gasteiger partial charge in [-0.05, 0) is 55.3 Å². The van der Waals surface area contributed by atoms with Gasteiger partial charge in [0, 0.05) is 0 Å². The van der Waals surface area contributed by atoms with E-state index in [0.717, 1.165) is 28.2 Å². The molecular weight excluding hydrogens is 402 g/mol. The molecule has 1 heterocycles. The minimum atomic E-state index is -0.195. The molecule has 4 rings (SSSR count).